The van der Waals surface area contributed by atoms with Crippen molar-refractivity contribution >= 4 is 35.8 Å². The lowest BCUT2D eigenvalue weighted by atomic mass is 10.0. The number of methoxy groups -OCH3 is 1. The summed E-state index contributed by atoms with van der Waals surface area (Å²) < 4.78 is 5.63. The Morgan fingerprint density at radius 1 is 1.10 bits per heavy atom. The van der Waals surface area contributed by atoms with Gasteiger partial charge in [0.15, 0.2) is 5.96 Å². The molecule has 0 saturated carbocycles. The highest BCUT2D eigenvalue weighted by atomic mass is 127. The van der Waals surface area contributed by atoms with Crippen LogP contribution < -0.4 is 15.4 Å². The number of likely N-dealkylation sites (tertiary alicyclic amines) is 2. The molecule has 3 rings (SSSR count). The highest BCUT2D eigenvalue weighted by Gasteiger charge is 2.26. The van der Waals surface area contributed by atoms with Crippen molar-refractivity contribution in [2.24, 2.45) is 4.99 Å². The maximum atomic E-state index is 12.3. The van der Waals surface area contributed by atoms with Crippen LogP contribution in [-0.2, 0) is 4.79 Å². The number of amides is 1. The molecule has 1 amide bonds. The normalized spacial score (nSPS) is 17.9. The Labute approximate surface area is 204 Å². The number of rotatable bonds is 9. The van der Waals surface area contributed by atoms with Crippen molar-refractivity contribution in [2.45, 2.75) is 45.1 Å². The quantitative estimate of drug-likeness (QED) is 0.285. The van der Waals surface area contributed by atoms with E-state index in [9.17, 15) is 4.79 Å². The Balaban J connectivity index is 0.00000341. The van der Waals surface area contributed by atoms with E-state index in [-0.39, 0.29) is 35.9 Å². The molecule has 0 aromatic heterocycles. The zero-order valence-electron chi connectivity index (χ0n) is 18.9. The molecular formula is C23H38IN5O2. The Hall–Kier alpha value is -1.55. The molecule has 2 aliphatic rings. The number of guanidine groups is 1. The molecular weight excluding hydrogens is 505 g/mol. The number of carbonyl (C=O) groups is 1. The molecule has 2 heterocycles. The van der Waals surface area contributed by atoms with E-state index in [1.54, 1.807) is 7.11 Å². The van der Waals surface area contributed by atoms with Gasteiger partial charge in [0.2, 0.25) is 5.91 Å². The molecule has 2 aliphatic heterocycles. The first-order valence-corrected chi connectivity index (χ1v) is 11.4. The van der Waals surface area contributed by atoms with Gasteiger partial charge < -0.3 is 20.3 Å². The molecule has 0 radical (unpaired) electrons. The van der Waals surface area contributed by atoms with E-state index in [1.165, 1.54) is 18.4 Å². The summed E-state index contributed by atoms with van der Waals surface area (Å²) in [5, 5.41) is 6.66. The number of halogens is 1. The van der Waals surface area contributed by atoms with Gasteiger partial charge >= 0.3 is 0 Å². The first-order valence-electron chi connectivity index (χ1n) is 11.4. The van der Waals surface area contributed by atoms with E-state index in [0.717, 1.165) is 57.3 Å². The smallest absolute Gasteiger partial charge is 0.224 e. The summed E-state index contributed by atoms with van der Waals surface area (Å²) in [6.07, 6.45) is 5.22. The molecule has 0 spiro atoms. The van der Waals surface area contributed by atoms with Crippen LogP contribution in [0.5, 0.6) is 5.75 Å². The van der Waals surface area contributed by atoms with Gasteiger partial charge in [0.1, 0.15) is 5.75 Å². The number of aliphatic imine (C=N–C) groups is 1. The molecule has 7 nitrogen and oxygen atoms in total. The second kappa shape index (κ2) is 13.8. The molecule has 0 aliphatic carbocycles. The first-order chi connectivity index (χ1) is 14.7. The highest BCUT2D eigenvalue weighted by molar-refractivity contribution is 14.0. The minimum Gasteiger partial charge on any atom is -0.496 e. The fourth-order valence-electron chi connectivity index (χ4n) is 4.34. The summed E-state index contributed by atoms with van der Waals surface area (Å²) in [4.78, 5) is 21.6. The Morgan fingerprint density at radius 3 is 2.45 bits per heavy atom. The van der Waals surface area contributed by atoms with Crippen LogP contribution in [0, 0.1) is 0 Å². The zero-order chi connectivity index (χ0) is 21.2. The maximum absolute atomic E-state index is 12.3. The van der Waals surface area contributed by atoms with Crippen LogP contribution in [0.1, 0.15) is 50.6 Å². The van der Waals surface area contributed by atoms with E-state index in [1.807, 2.05) is 17.0 Å². The number of nitrogens with one attached hydrogen (secondary N) is 2. The summed E-state index contributed by atoms with van der Waals surface area (Å²) >= 11 is 0. The number of nitrogens with zero attached hydrogens (tertiary/aromatic N) is 3. The van der Waals surface area contributed by atoms with Crippen LogP contribution in [0.25, 0.3) is 0 Å². The maximum Gasteiger partial charge on any atom is 0.224 e. The predicted molar refractivity (Wildman–Crippen MR) is 136 cm³/mol. The molecule has 0 bridgehead atoms. The van der Waals surface area contributed by atoms with Crippen LogP contribution in [0.3, 0.4) is 0 Å². The lowest BCUT2D eigenvalue weighted by Gasteiger charge is -2.28. The Kier molecular flexibility index (Phi) is 11.4. The Bertz CT molecular complexity index is 703. The molecule has 174 valence electrons. The SMILES string of the molecule is CCNC(=NCC(c1ccccc1OC)N1CCCC1)NCCC(=O)N1CCCC1.I. The van der Waals surface area contributed by atoms with Gasteiger partial charge in [-0.25, -0.2) is 0 Å². The van der Waals surface area contributed by atoms with Crippen LogP contribution in [0.2, 0.25) is 0 Å². The second-order valence-corrected chi connectivity index (χ2v) is 7.99. The van der Waals surface area contributed by atoms with Crippen molar-refractivity contribution in [3.63, 3.8) is 0 Å². The third kappa shape index (κ3) is 7.52. The van der Waals surface area contributed by atoms with Crippen molar-refractivity contribution in [1.82, 2.24) is 20.4 Å². The van der Waals surface area contributed by atoms with E-state index >= 15 is 0 Å². The average Bonchev–Trinajstić information content (AvgIpc) is 3.48. The number of para-hydroxylation sites is 1. The van der Waals surface area contributed by atoms with E-state index < -0.39 is 0 Å². The van der Waals surface area contributed by atoms with Crippen molar-refractivity contribution < 1.29 is 9.53 Å². The molecule has 8 heteroatoms. The standard InChI is InChI=1S/C23H37N5O2.HI/c1-3-24-23(25-13-12-22(29)28-16-8-9-17-28)26-18-20(27-14-6-7-15-27)19-10-4-5-11-21(19)30-2;/h4-5,10-11,20H,3,6-9,12-18H2,1-2H3,(H2,24,25,26);1H. The molecule has 1 unspecified atom stereocenters. The van der Waals surface area contributed by atoms with Gasteiger partial charge in [0, 0.05) is 38.2 Å². The van der Waals surface area contributed by atoms with Gasteiger partial charge in [-0.3, -0.25) is 14.7 Å². The largest absolute Gasteiger partial charge is 0.496 e. The molecule has 2 saturated heterocycles. The van der Waals surface area contributed by atoms with Gasteiger partial charge in [0.25, 0.3) is 0 Å². The van der Waals surface area contributed by atoms with Crippen molar-refractivity contribution in [1.29, 1.82) is 0 Å². The summed E-state index contributed by atoms with van der Waals surface area (Å²) in [6, 6.07) is 8.43. The van der Waals surface area contributed by atoms with E-state index in [4.69, 9.17) is 9.73 Å². The lowest BCUT2D eigenvalue weighted by Crippen LogP contribution is -2.40. The highest BCUT2D eigenvalue weighted by Crippen LogP contribution is 2.31. The van der Waals surface area contributed by atoms with Crippen LogP contribution in [-0.4, -0.2) is 74.6 Å². The molecule has 1 aromatic rings. The minimum atomic E-state index is 0. The average molecular weight is 543 g/mol. The predicted octanol–water partition coefficient (Wildman–Crippen LogP) is 3.02. The third-order valence-electron chi connectivity index (χ3n) is 5.94. The number of carbonyl (C=O) groups excluding carboxylic acids is 1. The number of hydrogen-bond donors (Lipinski definition) is 2. The van der Waals surface area contributed by atoms with Gasteiger partial charge in [-0.05, 0) is 51.8 Å². The van der Waals surface area contributed by atoms with Crippen molar-refractivity contribution in [3.05, 3.63) is 29.8 Å². The van der Waals surface area contributed by atoms with Crippen molar-refractivity contribution in [2.75, 3.05) is 52.9 Å². The topological polar surface area (TPSA) is 69.2 Å². The molecule has 2 N–H and O–H groups in total. The summed E-state index contributed by atoms with van der Waals surface area (Å²) in [6.45, 7) is 8.09. The third-order valence-corrected chi connectivity index (χ3v) is 5.94. The lowest BCUT2D eigenvalue weighted by molar-refractivity contribution is -0.129. The van der Waals surface area contributed by atoms with Crippen molar-refractivity contribution in [3.8, 4) is 5.75 Å². The fourth-order valence-corrected chi connectivity index (χ4v) is 4.34. The molecule has 1 aromatic carbocycles. The molecule has 2 fully saturated rings. The first kappa shape index (κ1) is 25.7. The fraction of sp³-hybridized carbons (Fsp3) is 0.652. The Morgan fingerprint density at radius 2 is 1.77 bits per heavy atom. The van der Waals surface area contributed by atoms with Crippen LogP contribution in [0.15, 0.2) is 29.3 Å². The summed E-state index contributed by atoms with van der Waals surface area (Å²) in [5.74, 6) is 1.92. The number of ether oxygens (including phenoxy) is 1. The van der Waals surface area contributed by atoms with E-state index in [2.05, 4.69) is 34.6 Å². The summed E-state index contributed by atoms with van der Waals surface area (Å²) in [5.41, 5.74) is 1.19. The van der Waals surface area contributed by atoms with Crippen LogP contribution in [0.4, 0.5) is 0 Å². The summed E-state index contributed by atoms with van der Waals surface area (Å²) in [7, 11) is 1.73. The molecule has 31 heavy (non-hydrogen) atoms. The number of hydrogen-bond acceptors (Lipinski definition) is 4. The van der Waals surface area contributed by atoms with Crippen LogP contribution >= 0.6 is 24.0 Å². The minimum absolute atomic E-state index is 0. The molecule has 1 atom stereocenters. The van der Waals surface area contributed by atoms with Gasteiger partial charge in [0.05, 0.1) is 19.7 Å². The van der Waals surface area contributed by atoms with Gasteiger partial charge in [-0.2, -0.15) is 0 Å². The van der Waals surface area contributed by atoms with Gasteiger partial charge in [-0.1, -0.05) is 18.2 Å². The number of benzene rings is 1. The zero-order valence-corrected chi connectivity index (χ0v) is 21.3. The van der Waals surface area contributed by atoms with E-state index in [0.29, 0.717) is 19.5 Å². The second-order valence-electron chi connectivity index (χ2n) is 7.99. The monoisotopic (exact) mass is 543 g/mol. The van der Waals surface area contributed by atoms with Gasteiger partial charge in [-0.15, -0.1) is 24.0 Å².